The first-order valence-corrected chi connectivity index (χ1v) is 7.51. The fourth-order valence-corrected chi connectivity index (χ4v) is 2.43. The van der Waals surface area contributed by atoms with Gasteiger partial charge in [-0.25, -0.2) is 4.98 Å². The molecule has 0 aliphatic carbocycles. The second kappa shape index (κ2) is 7.04. The van der Waals surface area contributed by atoms with Crippen LogP contribution < -0.4 is 5.43 Å². The molecule has 0 bridgehead atoms. The van der Waals surface area contributed by atoms with Gasteiger partial charge >= 0.3 is 0 Å². The molecule has 2 rings (SSSR count). The fraction of sp³-hybridized carbons (Fsp3) is 0.333. The minimum absolute atomic E-state index is 0.543. The average Bonchev–Trinajstić information content (AvgIpc) is 2.93. The van der Waals surface area contributed by atoms with E-state index in [9.17, 15) is 0 Å². The molecule has 100 valence electrons. The van der Waals surface area contributed by atoms with Crippen molar-refractivity contribution in [3.63, 3.8) is 0 Å². The van der Waals surface area contributed by atoms with Crippen molar-refractivity contribution < 1.29 is 0 Å². The van der Waals surface area contributed by atoms with Crippen LogP contribution in [-0.2, 0) is 0 Å². The number of hydrogen-bond donors (Lipinski definition) is 1. The lowest BCUT2D eigenvalue weighted by molar-refractivity contribution is 0.654. The predicted molar refractivity (Wildman–Crippen MR) is 83.7 cm³/mol. The van der Waals surface area contributed by atoms with Crippen LogP contribution in [0.5, 0.6) is 0 Å². The molecule has 2 aromatic rings. The van der Waals surface area contributed by atoms with Crippen LogP contribution in [-0.4, -0.2) is 11.2 Å². The molecule has 1 N–H and O–H groups in total. The Labute approximate surface area is 118 Å². The summed E-state index contributed by atoms with van der Waals surface area (Å²) in [6.45, 7) is 4.36. The van der Waals surface area contributed by atoms with Crippen LogP contribution in [0.2, 0.25) is 0 Å². The largest absolute Gasteiger partial charge is 0.253 e. The number of hydrazone groups is 1. The molecule has 0 unspecified atom stereocenters. The first-order chi connectivity index (χ1) is 9.33. The van der Waals surface area contributed by atoms with E-state index in [-0.39, 0.29) is 0 Å². The summed E-state index contributed by atoms with van der Waals surface area (Å²) in [6, 6.07) is 10.2. The van der Waals surface area contributed by atoms with Crippen molar-refractivity contribution in [2.45, 2.75) is 26.7 Å². The van der Waals surface area contributed by atoms with Crippen LogP contribution in [0.25, 0.3) is 11.3 Å². The number of nitrogens with one attached hydrogen (secondary N) is 1. The number of thiazole rings is 1. The predicted octanol–water partition coefficient (Wildman–Crippen LogP) is 4.64. The lowest BCUT2D eigenvalue weighted by Gasteiger charge is -2.03. The van der Waals surface area contributed by atoms with E-state index in [1.54, 1.807) is 11.3 Å². The number of hydrogen-bond acceptors (Lipinski definition) is 4. The van der Waals surface area contributed by atoms with Gasteiger partial charge in [-0.05, 0) is 18.8 Å². The van der Waals surface area contributed by atoms with Crippen molar-refractivity contribution in [1.82, 2.24) is 4.98 Å². The van der Waals surface area contributed by atoms with Gasteiger partial charge in [0.2, 0.25) is 5.13 Å². The maximum absolute atomic E-state index is 4.52. The Morgan fingerprint density at radius 3 is 2.68 bits per heavy atom. The van der Waals surface area contributed by atoms with Gasteiger partial charge in [0.05, 0.1) is 5.69 Å². The second-order valence-electron chi connectivity index (χ2n) is 4.37. The summed E-state index contributed by atoms with van der Waals surface area (Å²) in [4.78, 5) is 4.52. The van der Waals surface area contributed by atoms with Gasteiger partial charge in [-0.3, -0.25) is 5.43 Å². The monoisotopic (exact) mass is 273 g/mol. The molecule has 0 aliphatic heterocycles. The Balaban J connectivity index is 1.98. The van der Waals surface area contributed by atoms with E-state index in [2.05, 4.69) is 41.5 Å². The lowest BCUT2D eigenvalue weighted by Crippen LogP contribution is -2.00. The Bertz CT molecular complexity index is 515. The highest BCUT2D eigenvalue weighted by Crippen LogP contribution is 2.24. The number of aromatic nitrogens is 1. The smallest absolute Gasteiger partial charge is 0.203 e. The Hall–Kier alpha value is -1.68. The summed E-state index contributed by atoms with van der Waals surface area (Å²) in [5.74, 6) is 0.543. The van der Waals surface area contributed by atoms with Crippen LogP contribution in [0.15, 0.2) is 40.8 Å². The molecule has 4 heteroatoms. The zero-order valence-corrected chi connectivity index (χ0v) is 12.2. The van der Waals surface area contributed by atoms with E-state index in [1.807, 2.05) is 29.8 Å². The van der Waals surface area contributed by atoms with Crippen molar-refractivity contribution >= 4 is 22.7 Å². The van der Waals surface area contributed by atoms with E-state index < -0.39 is 0 Å². The molecule has 0 fully saturated rings. The third-order valence-corrected chi connectivity index (χ3v) is 3.81. The molecule has 1 aromatic heterocycles. The van der Waals surface area contributed by atoms with Crippen molar-refractivity contribution in [1.29, 1.82) is 0 Å². The van der Waals surface area contributed by atoms with Crippen molar-refractivity contribution in [3.8, 4) is 11.3 Å². The number of anilines is 1. The maximum atomic E-state index is 4.52. The Morgan fingerprint density at radius 2 is 2.00 bits per heavy atom. The summed E-state index contributed by atoms with van der Waals surface area (Å²) in [6.07, 6.45) is 4.22. The minimum Gasteiger partial charge on any atom is -0.253 e. The molecule has 1 aromatic carbocycles. The lowest BCUT2D eigenvalue weighted by atomic mass is 10.1. The number of rotatable bonds is 6. The number of nitrogens with zero attached hydrogens (tertiary/aromatic N) is 2. The quantitative estimate of drug-likeness (QED) is 0.614. The topological polar surface area (TPSA) is 37.3 Å². The Morgan fingerprint density at radius 1 is 1.26 bits per heavy atom. The summed E-state index contributed by atoms with van der Waals surface area (Å²) in [7, 11) is 0. The SMILES string of the molecule is CCC(/C=N\Nc1nc(-c2ccccc2)cs1)CC. The van der Waals surface area contributed by atoms with Crippen LogP contribution in [0.3, 0.4) is 0 Å². The van der Waals surface area contributed by atoms with Crippen LogP contribution in [0.4, 0.5) is 5.13 Å². The standard InChI is InChI=1S/C15H19N3S/c1-3-12(4-2)10-16-18-15-17-14(11-19-15)13-8-6-5-7-9-13/h5-12H,3-4H2,1-2H3,(H,17,18)/b16-10-. The fourth-order valence-electron chi connectivity index (χ4n) is 1.76. The first-order valence-electron chi connectivity index (χ1n) is 6.63. The molecule has 0 spiro atoms. The van der Waals surface area contributed by atoms with Crippen LogP contribution in [0, 0.1) is 5.92 Å². The molecular formula is C15H19N3S. The van der Waals surface area contributed by atoms with E-state index in [4.69, 9.17) is 0 Å². The summed E-state index contributed by atoms with van der Waals surface area (Å²) in [5, 5.41) is 7.14. The Kier molecular flexibility index (Phi) is 5.10. The summed E-state index contributed by atoms with van der Waals surface area (Å²) in [5.41, 5.74) is 5.14. The van der Waals surface area contributed by atoms with Gasteiger partial charge in [-0.15, -0.1) is 11.3 Å². The summed E-state index contributed by atoms with van der Waals surface area (Å²) < 4.78 is 0. The van der Waals surface area contributed by atoms with Crippen LogP contribution >= 0.6 is 11.3 Å². The molecule has 1 heterocycles. The van der Waals surface area contributed by atoms with Crippen molar-refractivity contribution in [3.05, 3.63) is 35.7 Å². The van der Waals surface area contributed by atoms with Gasteiger partial charge in [0.15, 0.2) is 0 Å². The van der Waals surface area contributed by atoms with Gasteiger partial charge in [0.25, 0.3) is 0 Å². The average molecular weight is 273 g/mol. The highest BCUT2D eigenvalue weighted by Gasteiger charge is 2.03. The van der Waals surface area contributed by atoms with E-state index in [0.29, 0.717) is 5.92 Å². The van der Waals surface area contributed by atoms with Gasteiger partial charge in [0.1, 0.15) is 0 Å². The van der Waals surface area contributed by atoms with Gasteiger partial charge in [-0.1, -0.05) is 44.2 Å². The van der Waals surface area contributed by atoms with Crippen LogP contribution in [0.1, 0.15) is 26.7 Å². The van der Waals surface area contributed by atoms with E-state index in [0.717, 1.165) is 29.2 Å². The highest BCUT2D eigenvalue weighted by atomic mass is 32.1. The zero-order chi connectivity index (χ0) is 13.5. The molecule has 0 amide bonds. The second-order valence-corrected chi connectivity index (χ2v) is 5.23. The third kappa shape index (κ3) is 3.89. The third-order valence-electron chi connectivity index (χ3n) is 3.07. The van der Waals surface area contributed by atoms with Gasteiger partial charge in [0, 0.05) is 17.2 Å². The highest BCUT2D eigenvalue weighted by molar-refractivity contribution is 7.14. The van der Waals surface area contributed by atoms with Gasteiger partial charge in [-0.2, -0.15) is 5.10 Å². The molecule has 3 nitrogen and oxygen atoms in total. The molecule has 0 atom stereocenters. The summed E-state index contributed by atoms with van der Waals surface area (Å²) >= 11 is 1.58. The molecule has 0 aliphatic rings. The molecule has 0 saturated heterocycles. The van der Waals surface area contributed by atoms with Gasteiger partial charge < -0.3 is 0 Å². The maximum Gasteiger partial charge on any atom is 0.203 e. The zero-order valence-electron chi connectivity index (χ0n) is 11.3. The molecule has 0 saturated carbocycles. The molecule has 0 radical (unpaired) electrons. The first kappa shape index (κ1) is 13.7. The van der Waals surface area contributed by atoms with Crippen molar-refractivity contribution in [2.75, 3.05) is 5.43 Å². The molecular weight excluding hydrogens is 254 g/mol. The molecule has 19 heavy (non-hydrogen) atoms. The minimum atomic E-state index is 0.543. The van der Waals surface area contributed by atoms with E-state index in [1.165, 1.54) is 0 Å². The normalized spacial score (nSPS) is 11.3. The van der Waals surface area contributed by atoms with E-state index >= 15 is 0 Å². The number of benzene rings is 1. The van der Waals surface area contributed by atoms with Crippen molar-refractivity contribution in [2.24, 2.45) is 11.0 Å².